The number of nitrogens with zero attached hydrogens (tertiary/aromatic N) is 2. The summed E-state index contributed by atoms with van der Waals surface area (Å²) in [7, 11) is 0. The van der Waals surface area contributed by atoms with Gasteiger partial charge in [-0.2, -0.15) is 5.06 Å². The summed E-state index contributed by atoms with van der Waals surface area (Å²) in [5.41, 5.74) is 0.0594. The smallest absolute Gasteiger partial charge is 0.333 e. The summed E-state index contributed by atoms with van der Waals surface area (Å²) >= 11 is 0. The van der Waals surface area contributed by atoms with Gasteiger partial charge in [-0.25, -0.2) is 4.79 Å². The molecule has 7 nitrogen and oxygen atoms in total. The van der Waals surface area contributed by atoms with Crippen molar-refractivity contribution in [1.82, 2.24) is 5.06 Å². The Kier molecular flexibility index (Phi) is 3.22. The third-order valence-corrected chi connectivity index (χ3v) is 2.54. The summed E-state index contributed by atoms with van der Waals surface area (Å²) in [6, 6.07) is 5.01. The number of non-ortho nitro benzene ring substituents is 1. The zero-order valence-electron chi connectivity index (χ0n) is 9.37. The number of carbonyl (C=O) groups is 2. The van der Waals surface area contributed by atoms with Crippen LogP contribution in [0.1, 0.15) is 23.2 Å². The number of nitro groups is 1. The molecular weight excluding hydrogens is 240 g/mol. The lowest BCUT2D eigenvalue weighted by molar-refractivity contribution is -0.384. The van der Waals surface area contributed by atoms with E-state index in [1.165, 1.54) is 24.3 Å². The zero-order chi connectivity index (χ0) is 13.1. The first-order valence-electron chi connectivity index (χ1n) is 5.35. The van der Waals surface area contributed by atoms with Crippen molar-refractivity contribution in [3.05, 3.63) is 39.9 Å². The second-order valence-corrected chi connectivity index (χ2v) is 3.78. The fourth-order valence-electron chi connectivity index (χ4n) is 1.59. The lowest BCUT2D eigenvalue weighted by Gasteiger charge is -2.14. The maximum atomic E-state index is 11.6. The molecule has 0 aromatic heterocycles. The van der Waals surface area contributed by atoms with Gasteiger partial charge in [-0.15, -0.1) is 0 Å². The molecule has 1 fully saturated rings. The number of hydrogen-bond acceptors (Lipinski definition) is 5. The molecule has 0 atom stereocenters. The third-order valence-electron chi connectivity index (χ3n) is 2.54. The van der Waals surface area contributed by atoms with Crippen LogP contribution in [0, 0.1) is 10.1 Å². The van der Waals surface area contributed by atoms with Crippen molar-refractivity contribution in [2.75, 3.05) is 6.54 Å². The highest BCUT2D eigenvalue weighted by molar-refractivity contribution is 5.90. The van der Waals surface area contributed by atoms with Gasteiger partial charge in [0.1, 0.15) is 0 Å². The van der Waals surface area contributed by atoms with Crippen LogP contribution in [-0.4, -0.2) is 28.4 Å². The van der Waals surface area contributed by atoms with Crippen LogP contribution < -0.4 is 0 Å². The second-order valence-electron chi connectivity index (χ2n) is 3.78. The molecule has 0 spiro atoms. The summed E-state index contributed by atoms with van der Waals surface area (Å²) in [5.74, 6) is -0.926. The van der Waals surface area contributed by atoms with E-state index in [4.69, 9.17) is 4.84 Å². The number of amides is 1. The van der Waals surface area contributed by atoms with Crippen LogP contribution in [0.2, 0.25) is 0 Å². The number of hydroxylamine groups is 2. The molecule has 1 heterocycles. The van der Waals surface area contributed by atoms with E-state index in [0.717, 1.165) is 5.06 Å². The molecule has 1 amide bonds. The predicted octanol–water partition coefficient (Wildman–Crippen LogP) is 1.29. The summed E-state index contributed by atoms with van der Waals surface area (Å²) in [6.45, 7) is 0.386. The average molecular weight is 250 g/mol. The molecule has 1 aromatic carbocycles. The Labute approximate surface area is 102 Å². The maximum absolute atomic E-state index is 11.6. The number of rotatable bonds is 3. The van der Waals surface area contributed by atoms with Gasteiger partial charge in [0.2, 0.25) is 0 Å². The largest absolute Gasteiger partial charge is 0.363 e. The molecule has 0 N–H and O–H groups in total. The van der Waals surface area contributed by atoms with Crippen molar-refractivity contribution in [2.24, 2.45) is 0 Å². The topological polar surface area (TPSA) is 89.8 Å². The van der Waals surface area contributed by atoms with E-state index >= 15 is 0 Å². The quantitative estimate of drug-likeness (QED) is 0.595. The van der Waals surface area contributed by atoms with Gasteiger partial charge >= 0.3 is 5.97 Å². The molecule has 1 saturated heterocycles. The zero-order valence-corrected chi connectivity index (χ0v) is 9.37. The van der Waals surface area contributed by atoms with Crippen LogP contribution in [0.25, 0.3) is 0 Å². The summed E-state index contributed by atoms with van der Waals surface area (Å²) in [4.78, 5) is 37.7. The Morgan fingerprint density at radius 1 is 1.33 bits per heavy atom. The minimum absolute atomic E-state index is 0.108. The molecule has 1 aliphatic rings. The minimum Gasteiger partial charge on any atom is -0.333 e. The van der Waals surface area contributed by atoms with Crippen LogP contribution in [0.4, 0.5) is 5.69 Å². The number of nitro benzene ring substituents is 1. The molecule has 0 aliphatic carbocycles. The Morgan fingerprint density at radius 2 is 2.00 bits per heavy atom. The number of hydrogen-bond donors (Lipinski definition) is 0. The Balaban J connectivity index is 2.04. The summed E-state index contributed by atoms with van der Waals surface area (Å²) in [5, 5.41) is 11.5. The lowest BCUT2D eigenvalue weighted by Crippen LogP contribution is -2.28. The van der Waals surface area contributed by atoms with Crippen LogP contribution in [0.5, 0.6) is 0 Å². The summed E-state index contributed by atoms with van der Waals surface area (Å²) < 4.78 is 0. The monoisotopic (exact) mass is 250 g/mol. The highest BCUT2D eigenvalue weighted by Crippen LogP contribution is 2.15. The first-order valence-corrected chi connectivity index (χ1v) is 5.35. The van der Waals surface area contributed by atoms with E-state index in [-0.39, 0.29) is 17.2 Å². The SMILES string of the molecule is O=C(ON1CCCC1=O)c1ccc([N+](=O)[O-])cc1. The van der Waals surface area contributed by atoms with Gasteiger partial charge < -0.3 is 4.84 Å². The highest BCUT2D eigenvalue weighted by Gasteiger charge is 2.24. The molecule has 0 bridgehead atoms. The fourth-order valence-corrected chi connectivity index (χ4v) is 1.59. The maximum Gasteiger partial charge on any atom is 0.363 e. The molecule has 7 heteroatoms. The normalized spacial score (nSPS) is 14.7. The molecule has 0 unspecified atom stereocenters. The van der Waals surface area contributed by atoms with Gasteiger partial charge in [0.15, 0.2) is 0 Å². The van der Waals surface area contributed by atoms with E-state index in [0.29, 0.717) is 19.4 Å². The summed E-state index contributed by atoms with van der Waals surface area (Å²) in [6.07, 6.45) is 1.03. The third kappa shape index (κ3) is 2.45. The van der Waals surface area contributed by atoms with Gasteiger partial charge in [-0.3, -0.25) is 14.9 Å². The van der Waals surface area contributed by atoms with Gasteiger partial charge in [0.05, 0.1) is 17.0 Å². The van der Waals surface area contributed by atoms with E-state index in [1.807, 2.05) is 0 Å². The fraction of sp³-hybridized carbons (Fsp3) is 0.273. The molecule has 18 heavy (non-hydrogen) atoms. The van der Waals surface area contributed by atoms with Gasteiger partial charge in [0.25, 0.3) is 11.6 Å². The number of carbonyl (C=O) groups excluding carboxylic acids is 2. The van der Waals surface area contributed by atoms with Crippen LogP contribution in [0.15, 0.2) is 24.3 Å². The van der Waals surface area contributed by atoms with Crippen molar-refractivity contribution in [3.63, 3.8) is 0 Å². The van der Waals surface area contributed by atoms with Crippen molar-refractivity contribution < 1.29 is 19.3 Å². The van der Waals surface area contributed by atoms with Crippen molar-refractivity contribution >= 4 is 17.6 Å². The predicted molar refractivity (Wildman–Crippen MR) is 59.5 cm³/mol. The molecule has 94 valence electrons. The standard InChI is InChI=1S/C11H10N2O5/c14-10-2-1-7-12(10)18-11(15)8-3-5-9(6-4-8)13(16)17/h3-6H,1-2,7H2. The van der Waals surface area contributed by atoms with Crippen LogP contribution in [0.3, 0.4) is 0 Å². The van der Waals surface area contributed by atoms with E-state index < -0.39 is 10.9 Å². The van der Waals surface area contributed by atoms with Crippen LogP contribution >= 0.6 is 0 Å². The van der Waals surface area contributed by atoms with Crippen molar-refractivity contribution in [3.8, 4) is 0 Å². The lowest BCUT2D eigenvalue weighted by atomic mass is 10.2. The Morgan fingerprint density at radius 3 is 2.50 bits per heavy atom. The van der Waals surface area contributed by atoms with E-state index in [9.17, 15) is 19.7 Å². The molecule has 2 rings (SSSR count). The number of benzene rings is 1. The van der Waals surface area contributed by atoms with Crippen LogP contribution in [-0.2, 0) is 9.63 Å². The molecule has 1 aliphatic heterocycles. The molecule has 1 aromatic rings. The molecule has 0 saturated carbocycles. The van der Waals surface area contributed by atoms with E-state index in [1.54, 1.807) is 0 Å². The van der Waals surface area contributed by atoms with Gasteiger partial charge in [-0.1, -0.05) is 0 Å². The molecule has 0 radical (unpaired) electrons. The Bertz CT molecular complexity index is 497. The highest BCUT2D eigenvalue weighted by atomic mass is 16.7. The minimum atomic E-state index is -0.694. The van der Waals surface area contributed by atoms with Gasteiger partial charge in [-0.05, 0) is 18.6 Å². The van der Waals surface area contributed by atoms with Gasteiger partial charge in [0, 0.05) is 18.6 Å². The van der Waals surface area contributed by atoms with E-state index in [2.05, 4.69) is 0 Å². The van der Waals surface area contributed by atoms with Crippen molar-refractivity contribution in [1.29, 1.82) is 0 Å². The average Bonchev–Trinajstić information content (AvgIpc) is 2.75. The Hall–Kier alpha value is -2.44. The first-order chi connectivity index (χ1) is 8.58. The molecular formula is C11H10N2O5. The first kappa shape index (κ1) is 12.0. The van der Waals surface area contributed by atoms with Crippen molar-refractivity contribution in [2.45, 2.75) is 12.8 Å². The second kappa shape index (κ2) is 4.82.